The fourth-order valence-corrected chi connectivity index (χ4v) is 1.11. The lowest BCUT2D eigenvalue weighted by Gasteiger charge is -2.02. The fraction of sp³-hybridized carbons (Fsp3) is 0.200. The SMILES string of the molecule is Nc1ccccc1C(=O)CCC(=O)O. The molecule has 4 heteroatoms. The van der Waals surface area contributed by atoms with Crippen LogP contribution < -0.4 is 5.73 Å². The smallest absolute Gasteiger partial charge is 0.303 e. The maximum atomic E-state index is 11.4. The highest BCUT2D eigenvalue weighted by Crippen LogP contribution is 2.13. The minimum atomic E-state index is -0.979. The van der Waals surface area contributed by atoms with Crippen molar-refractivity contribution >= 4 is 17.4 Å². The Labute approximate surface area is 81.3 Å². The van der Waals surface area contributed by atoms with Gasteiger partial charge in [0, 0.05) is 17.7 Å². The van der Waals surface area contributed by atoms with E-state index in [1.54, 1.807) is 24.3 Å². The number of hydrogen-bond donors (Lipinski definition) is 2. The van der Waals surface area contributed by atoms with Crippen molar-refractivity contribution in [1.82, 2.24) is 0 Å². The van der Waals surface area contributed by atoms with Crippen molar-refractivity contribution < 1.29 is 14.7 Å². The molecule has 3 N–H and O–H groups in total. The van der Waals surface area contributed by atoms with E-state index in [-0.39, 0.29) is 18.6 Å². The normalized spacial score (nSPS) is 9.71. The van der Waals surface area contributed by atoms with Gasteiger partial charge >= 0.3 is 5.97 Å². The van der Waals surface area contributed by atoms with Gasteiger partial charge in [-0.2, -0.15) is 0 Å². The van der Waals surface area contributed by atoms with E-state index >= 15 is 0 Å². The van der Waals surface area contributed by atoms with Crippen molar-refractivity contribution in [1.29, 1.82) is 0 Å². The standard InChI is InChI=1S/C10H11NO3/c11-8-4-2-1-3-7(8)9(12)5-6-10(13)14/h1-4H,5-6,11H2,(H,13,14). The molecule has 74 valence electrons. The highest BCUT2D eigenvalue weighted by atomic mass is 16.4. The maximum absolute atomic E-state index is 11.4. The monoisotopic (exact) mass is 193 g/mol. The van der Waals surface area contributed by atoms with Crippen LogP contribution in [-0.2, 0) is 4.79 Å². The van der Waals surface area contributed by atoms with Crippen LogP contribution in [0.2, 0.25) is 0 Å². The molecule has 0 bridgehead atoms. The quantitative estimate of drug-likeness (QED) is 0.558. The number of carbonyl (C=O) groups is 2. The molecule has 0 fully saturated rings. The van der Waals surface area contributed by atoms with Crippen molar-refractivity contribution in [3.63, 3.8) is 0 Å². The third kappa shape index (κ3) is 2.58. The molecule has 0 aliphatic carbocycles. The fourth-order valence-electron chi connectivity index (χ4n) is 1.11. The van der Waals surface area contributed by atoms with Crippen LogP contribution in [0.3, 0.4) is 0 Å². The Morgan fingerprint density at radius 1 is 1.21 bits per heavy atom. The number of hydrogen-bond acceptors (Lipinski definition) is 3. The Morgan fingerprint density at radius 3 is 2.43 bits per heavy atom. The number of ketones is 1. The van der Waals surface area contributed by atoms with Crippen LogP contribution in [0.1, 0.15) is 23.2 Å². The van der Waals surface area contributed by atoms with Gasteiger partial charge in [0.05, 0.1) is 6.42 Å². The molecule has 0 spiro atoms. The van der Waals surface area contributed by atoms with Crippen molar-refractivity contribution in [2.45, 2.75) is 12.8 Å². The topological polar surface area (TPSA) is 80.4 Å². The molecule has 0 aliphatic heterocycles. The van der Waals surface area contributed by atoms with Gasteiger partial charge in [0.1, 0.15) is 0 Å². The first kappa shape index (κ1) is 10.2. The number of aliphatic carboxylic acids is 1. The first-order valence-electron chi connectivity index (χ1n) is 4.20. The number of rotatable bonds is 4. The van der Waals surface area contributed by atoms with Gasteiger partial charge in [-0.15, -0.1) is 0 Å². The summed E-state index contributed by atoms with van der Waals surface area (Å²) in [4.78, 5) is 21.7. The molecule has 0 radical (unpaired) electrons. The predicted molar refractivity (Wildman–Crippen MR) is 52.1 cm³/mol. The van der Waals surface area contributed by atoms with E-state index in [0.29, 0.717) is 11.3 Å². The van der Waals surface area contributed by atoms with Crippen molar-refractivity contribution in [3.05, 3.63) is 29.8 Å². The number of para-hydroxylation sites is 1. The summed E-state index contributed by atoms with van der Waals surface area (Å²) in [6, 6.07) is 6.64. The second-order valence-electron chi connectivity index (χ2n) is 2.90. The Morgan fingerprint density at radius 2 is 1.86 bits per heavy atom. The lowest BCUT2D eigenvalue weighted by molar-refractivity contribution is -0.136. The van der Waals surface area contributed by atoms with Gasteiger partial charge in [-0.25, -0.2) is 0 Å². The summed E-state index contributed by atoms with van der Waals surface area (Å²) in [7, 11) is 0. The lowest BCUT2D eigenvalue weighted by Crippen LogP contribution is -2.06. The number of anilines is 1. The number of carbonyl (C=O) groups excluding carboxylic acids is 1. The molecule has 0 aliphatic rings. The van der Waals surface area contributed by atoms with Gasteiger partial charge < -0.3 is 10.8 Å². The Kier molecular flexibility index (Phi) is 3.23. The second kappa shape index (κ2) is 4.41. The van der Waals surface area contributed by atoms with Gasteiger partial charge in [0.25, 0.3) is 0 Å². The average molecular weight is 193 g/mol. The van der Waals surface area contributed by atoms with E-state index < -0.39 is 5.97 Å². The number of Topliss-reactive ketones (excluding diaryl/α,β-unsaturated/α-hetero) is 1. The summed E-state index contributed by atoms with van der Waals surface area (Å²) in [6.07, 6.45) is -0.170. The van der Waals surface area contributed by atoms with Crippen LogP contribution in [0.5, 0.6) is 0 Å². The zero-order chi connectivity index (χ0) is 10.6. The third-order valence-electron chi connectivity index (χ3n) is 1.83. The zero-order valence-corrected chi connectivity index (χ0v) is 7.56. The predicted octanol–water partition coefficient (Wildman–Crippen LogP) is 1.32. The molecule has 0 heterocycles. The Hall–Kier alpha value is -1.84. The Bertz CT molecular complexity index is 360. The highest BCUT2D eigenvalue weighted by Gasteiger charge is 2.10. The molecule has 1 aromatic rings. The minimum absolute atomic E-state index is 0.0104. The minimum Gasteiger partial charge on any atom is -0.481 e. The molecule has 0 amide bonds. The highest BCUT2D eigenvalue weighted by molar-refractivity contribution is 6.01. The van der Waals surface area contributed by atoms with Crippen LogP contribution in [-0.4, -0.2) is 16.9 Å². The summed E-state index contributed by atoms with van der Waals surface area (Å²) in [5.41, 5.74) is 6.35. The van der Waals surface area contributed by atoms with Crippen LogP contribution in [0.15, 0.2) is 24.3 Å². The van der Waals surface area contributed by atoms with E-state index in [4.69, 9.17) is 10.8 Å². The van der Waals surface area contributed by atoms with E-state index in [2.05, 4.69) is 0 Å². The largest absolute Gasteiger partial charge is 0.481 e. The Balaban J connectivity index is 2.70. The van der Waals surface area contributed by atoms with Crippen molar-refractivity contribution in [2.75, 3.05) is 5.73 Å². The van der Waals surface area contributed by atoms with E-state index in [1.165, 1.54) is 0 Å². The third-order valence-corrected chi connectivity index (χ3v) is 1.83. The van der Waals surface area contributed by atoms with Crippen LogP contribution in [0.25, 0.3) is 0 Å². The lowest BCUT2D eigenvalue weighted by atomic mass is 10.1. The summed E-state index contributed by atoms with van der Waals surface area (Å²) in [5, 5.41) is 8.40. The zero-order valence-electron chi connectivity index (χ0n) is 7.56. The number of benzene rings is 1. The van der Waals surface area contributed by atoms with E-state index in [9.17, 15) is 9.59 Å². The number of carboxylic acids is 1. The molecule has 0 saturated heterocycles. The summed E-state index contributed by atoms with van der Waals surface area (Å²) < 4.78 is 0. The molecule has 0 unspecified atom stereocenters. The van der Waals surface area contributed by atoms with Gasteiger partial charge in [0.15, 0.2) is 5.78 Å². The van der Waals surface area contributed by atoms with E-state index in [1.807, 2.05) is 0 Å². The average Bonchev–Trinajstić information content (AvgIpc) is 2.15. The number of carboxylic acid groups (broad SMARTS) is 1. The molecule has 14 heavy (non-hydrogen) atoms. The number of nitrogen functional groups attached to an aromatic ring is 1. The summed E-state index contributed by atoms with van der Waals surface area (Å²) in [5.74, 6) is -1.21. The summed E-state index contributed by atoms with van der Waals surface area (Å²) in [6.45, 7) is 0. The summed E-state index contributed by atoms with van der Waals surface area (Å²) >= 11 is 0. The maximum Gasteiger partial charge on any atom is 0.303 e. The van der Waals surface area contributed by atoms with Crippen LogP contribution in [0, 0.1) is 0 Å². The first-order chi connectivity index (χ1) is 6.61. The molecular weight excluding hydrogens is 182 g/mol. The molecule has 1 aromatic carbocycles. The van der Waals surface area contributed by atoms with Gasteiger partial charge in [-0.1, -0.05) is 12.1 Å². The van der Waals surface area contributed by atoms with Crippen molar-refractivity contribution in [3.8, 4) is 0 Å². The van der Waals surface area contributed by atoms with Gasteiger partial charge in [-0.3, -0.25) is 9.59 Å². The molecule has 0 aromatic heterocycles. The molecule has 0 saturated carbocycles. The molecular formula is C10H11NO3. The number of nitrogens with two attached hydrogens (primary N) is 1. The van der Waals surface area contributed by atoms with E-state index in [0.717, 1.165) is 0 Å². The van der Waals surface area contributed by atoms with Gasteiger partial charge in [-0.05, 0) is 12.1 Å². The second-order valence-corrected chi connectivity index (χ2v) is 2.90. The van der Waals surface area contributed by atoms with Crippen LogP contribution in [0.4, 0.5) is 5.69 Å². The van der Waals surface area contributed by atoms with Crippen molar-refractivity contribution in [2.24, 2.45) is 0 Å². The molecule has 4 nitrogen and oxygen atoms in total. The molecule has 1 rings (SSSR count). The van der Waals surface area contributed by atoms with Gasteiger partial charge in [0.2, 0.25) is 0 Å². The van der Waals surface area contributed by atoms with Crippen LogP contribution >= 0.6 is 0 Å². The molecule has 0 atom stereocenters. The first-order valence-corrected chi connectivity index (χ1v) is 4.20.